The number of nitrogens with zero attached hydrogens (tertiary/aromatic N) is 1. The third-order valence-corrected chi connectivity index (χ3v) is 5.26. The second-order valence-electron chi connectivity index (χ2n) is 4.10. The van der Waals surface area contributed by atoms with Gasteiger partial charge >= 0.3 is 0 Å². The molecule has 0 aliphatic carbocycles. The summed E-state index contributed by atoms with van der Waals surface area (Å²) in [5, 5.41) is 9.40. The zero-order chi connectivity index (χ0) is 15.6. The predicted octanol–water partition coefficient (Wildman–Crippen LogP) is 3.36. The largest absolute Gasteiger partial charge is 0.399 e. The van der Waals surface area contributed by atoms with E-state index in [-0.39, 0.29) is 10.5 Å². The molecule has 0 atom stereocenters. The minimum Gasteiger partial charge on any atom is -0.399 e. The van der Waals surface area contributed by atoms with Crippen molar-refractivity contribution in [3.8, 4) is 6.07 Å². The molecule has 2 rings (SSSR count). The molecule has 0 heterocycles. The van der Waals surface area contributed by atoms with Gasteiger partial charge in [-0.3, -0.25) is 4.72 Å². The van der Waals surface area contributed by atoms with E-state index in [2.05, 4.69) is 20.7 Å². The molecule has 0 radical (unpaired) electrons. The number of nitriles is 1. The molecule has 0 saturated carbocycles. The van der Waals surface area contributed by atoms with Gasteiger partial charge in [0.05, 0.1) is 16.3 Å². The fourth-order valence-electron chi connectivity index (χ4n) is 1.64. The van der Waals surface area contributed by atoms with Crippen LogP contribution in [0.4, 0.5) is 11.4 Å². The van der Waals surface area contributed by atoms with Gasteiger partial charge in [0.1, 0.15) is 11.0 Å². The number of sulfonamides is 1. The third kappa shape index (κ3) is 3.47. The van der Waals surface area contributed by atoms with Crippen molar-refractivity contribution in [3.63, 3.8) is 0 Å². The highest BCUT2D eigenvalue weighted by molar-refractivity contribution is 9.10. The molecule has 2 aromatic carbocycles. The fraction of sp³-hybridized carbons (Fsp3) is 0. The Hall–Kier alpha value is -1.75. The highest BCUT2D eigenvalue weighted by Gasteiger charge is 2.19. The number of hydrogen-bond donors (Lipinski definition) is 2. The standard InChI is InChI=1S/C13H9BrClN3O2S/c14-11-3-2-10(6-12(11)15)18-21(19,20)13-4-1-9(17)5-8(13)7-16/h1-6,18H,17H2. The number of nitrogen functional groups attached to an aromatic ring is 1. The number of nitrogens with one attached hydrogen (secondary N) is 1. The van der Waals surface area contributed by atoms with Crippen LogP contribution in [0.15, 0.2) is 45.8 Å². The highest BCUT2D eigenvalue weighted by Crippen LogP contribution is 2.27. The van der Waals surface area contributed by atoms with E-state index in [1.807, 2.05) is 6.07 Å². The van der Waals surface area contributed by atoms with Crippen LogP contribution >= 0.6 is 27.5 Å². The summed E-state index contributed by atoms with van der Waals surface area (Å²) in [6, 6.07) is 10.5. The number of nitrogens with two attached hydrogens (primary N) is 1. The van der Waals surface area contributed by atoms with E-state index in [1.165, 1.54) is 24.3 Å². The maximum atomic E-state index is 12.3. The van der Waals surface area contributed by atoms with Crippen LogP contribution in [-0.2, 0) is 10.0 Å². The fourth-order valence-corrected chi connectivity index (χ4v) is 3.25. The van der Waals surface area contributed by atoms with E-state index in [4.69, 9.17) is 22.6 Å². The van der Waals surface area contributed by atoms with Crippen LogP contribution in [0, 0.1) is 11.3 Å². The number of anilines is 2. The molecule has 0 aromatic heterocycles. The molecule has 3 N–H and O–H groups in total. The van der Waals surface area contributed by atoms with E-state index < -0.39 is 10.0 Å². The molecule has 108 valence electrons. The van der Waals surface area contributed by atoms with Gasteiger partial charge < -0.3 is 5.73 Å². The summed E-state index contributed by atoms with van der Waals surface area (Å²) < 4.78 is 27.7. The van der Waals surface area contributed by atoms with Gasteiger partial charge in [-0.15, -0.1) is 0 Å². The Kier molecular flexibility index (Phi) is 4.42. The van der Waals surface area contributed by atoms with Crippen molar-refractivity contribution in [2.24, 2.45) is 0 Å². The molecule has 5 nitrogen and oxygen atoms in total. The molecule has 0 fully saturated rings. The lowest BCUT2D eigenvalue weighted by Crippen LogP contribution is -2.14. The second-order valence-corrected chi connectivity index (χ2v) is 7.01. The van der Waals surface area contributed by atoms with Crippen molar-refractivity contribution < 1.29 is 8.42 Å². The molecule has 21 heavy (non-hydrogen) atoms. The SMILES string of the molecule is N#Cc1cc(N)ccc1S(=O)(=O)Nc1ccc(Br)c(Cl)c1. The molecule has 2 aromatic rings. The summed E-state index contributed by atoms with van der Waals surface area (Å²) in [6.45, 7) is 0. The first-order chi connectivity index (χ1) is 9.83. The van der Waals surface area contributed by atoms with Crippen LogP contribution < -0.4 is 10.5 Å². The van der Waals surface area contributed by atoms with Crippen LogP contribution in [0.5, 0.6) is 0 Å². The molecular formula is C13H9BrClN3O2S. The molecule has 0 aliphatic rings. The van der Waals surface area contributed by atoms with Gasteiger partial charge in [-0.1, -0.05) is 11.6 Å². The van der Waals surface area contributed by atoms with E-state index in [1.54, 1.807) is 12.1 Å². The highest BCUT2D eigenvalue weighted by atomic mass is 79.9. The van der Waals surface area contributed by atoms with E-state index in [0.29, 0.717) is 20.9 Å². The van der Waals surface area contributed by atoms with E-state index in [9.17, 15) is 8.42 Å². The predicted molar refractivity (Wildman–Crippen MR) is 85.5 cm³/mol. The smallest absolute Gasteiger partial charge is 0.263 e. The summed E-state index contributed by atoms with van der Waals surface area (Å²) in [4.78, 5) is -0.141. The first kappa shape index (κ1) is 15.6. The second kappa shape index (κ2) is 5.93. The molecular weight excluding hydrogens is 378 g/mol. The first-order valence-electron chi connectivity index (χ1n) is 5.61. The number of hydrogen-bond acceptors (Lipinski definition) is 4. The molecule has 0 aliphatic heterocycles. The van der Waals surface area contributed by atoms with Crippen LogP contribution in [0.2, 0.25) is 5.02 Å². The normalized spacial score (nSPS) is 10.9. The van der Waals surface area contributed by atoms with E-state index >= 15 is 0 Å². The van der Waals surface area contributed by atoms with Crippen LogP contribution in [0.1, 0.15) is 5.56 Å². The Labute approximate surface area is 135 Å². The van der Waals surface area contributed by atoms with Crippen LogP contribution in [-0.4, -0.2) is 8.42 Å². The van der Waals surface area contributed by atoms with Gasteiger partial charge in [0.25, 0.3) is 10.0 Å². The molecule has 0 amide bonds. The van der Waals surface area contributed by atoms with Crippen molar-refractivity contribution >= 4 is 48.9 Å². The zero-order valence-electron chi connectivity index (χ0n) is 10.5. The summed E-state index contributed by atoms with van der Waals surface area (Å²) in [5.74, 6) is 0. The van der Waals surface area contributed by atoms with Gasteiger partial charge in [-0.05, 0) is 52.3 Å². The van der Waals surface area contributed by atoms with Crippen LogP contribution in [0.25, 0.3) is 0 Å². The maximum Gasteiger partial charge on any atom is 0.263 e. The van der Waals surface area contributed by atoms with Crippen molar-refractivity contribution in [1.29, 1.82) is 5.26 Å². The van der Waals surface area contributed by atoms with Gasteiger partial charge in [0.15, 0.2) is 0 Å². The molecule has 0 saturated heterocycles. The average molecular weight is 387 g/mol. The quantitative estimate of drug-likeness (QED) is 0.791. The van der Waals surface area contributed by atoms with Crippen molar-refractivity contribution in [1.82, 2.24) is 0 Å². The molecule has 0 unspecified atom stereocenters. The van der Waals surface area contributed by atoms with Gasteiger partial charge in [-0.2, -0.15) is 5.26 Å². The van der Waals surface area contributed by atoms with E-state index in [0.717, 1.165) is 0 Å². The minimum absolute atomic E-state index is 0.0225. The van der Waals surface area contributed by atoms with Crippen LogP contribution in [0.3, 0.4) is 0 Å². The Morgan fingerprint density at radius 2 is 1.95 bits per heavy atom. The summed E-state index contributed by atoms with van der Waals surface area (Å²) in [7, 11) is -3.90. The van der Waals surface area contributed by atoms with Crippen molar-refractivity contribution in [2.45, 2.75) is 4.90 Å². The Bertz CT molecular complexity index is 847. The van der Waals surface area contributed by atoms with Crippen molar-refractivity contribution in [2.75, 3.05) is 10.5 Å². The van der Waals surface area contributed by atoms with Gasteiger partial charge in [0, 0.05) is 10.2 Å². The lowest BCUT2D eigenvalue weighted by molar-refractivity contribution is 0.601. The Balaban J connectivity index is 2.43. The Morgan fingerprint density at radius 3 is 2.57 bits per heavy atom. The average Bonchev–Trinajstić information content (AvgIpc) is 2.42. The van der Waals surface area contributed by atoms with Gasteiger partial charge in [0.2, 0.25) is 0 Å². The summed E-state index contributed by atoms with van der Waals surface area (Å²) in [5.41, 5.74) is 6.14. The first-order valence-corrected chi connectivity index (χ1v) is 8.26. The third-order valence-electron chi connectivity index (χ3n) is 2.59. The van der Waals surface area contributed by atoms with Crippen molar-refractivity contribution in [3.05, 3.63) is 51.5 Å². The lowest BCUT2D eigenvalue weighted by Gasteiger charge is -2.10. The topological polar surface area (TPSA) is 96.0 Å². The maximum absolute atomic E-state index is 12.3. The number of benzene rings is 2. The molecule has 8 heteroatoms. The Morgan fingerprint density at radius 1 is 1.24 bits per heavy atom. The summed E-state index contributed by atoms with van der Waals surface area (Å²) in [6.07, 6.45) is 0. The molecule has 0 bridgehead atoms. The summed E-state index contributed by atoms with van der Waals surface area (Å²) >= 11 is 9.14. The monoisotopic (exact) mass is 385 g/mol. The molecule has 0 spiro atoms. The zero-order valence-corrected chi connectivity index (χ0v) is 13.6. The van der Waals surface area contributed by atoms with Gasteiger partial charge in [-0.25, -0.2) is 8.42 Å². The minimum atomic E-state index is -3.90. The lowest BCUT2D eigenvalue weighted by atomic mass is 10.2. The number of halogens is 2. The number of rotatable bonds is 3.